The number of hydrogen-bond donors (Lipinski definition) is 2. The molecule has 0 aliphatic rings. The number of para-hydroxylation sites is 1. The van der Waals surface area contributed by atoms with Crippen LogP contribution in [0.2, 0.25) is 0 Å². The zero-order valence-corrected chi connectivity index (χ0v) is 14.3. The van der Waals surface area contributed by atoms with Crippen LogP contribution in [0.25, 0.3) is 0 Å². The van der Waals surface area contributed by atoms with Crippen molar-refractivity contribution in [3.8, 4) is 0 Å². The van der Waals surface area contributed by atoms with Crippen LogP contribution >= 0.6 is 11.8 Å². The maximum absolute atomic E-state index is 12.1. The van der Waals surface area contributed by atoms with Crippen LogP contribution in [0.5, 0.6) is 0 Å². The lowest BCUT2D eigenvalue weighted by Crippen LogP contribution is -2.42. The predicted molar refractivity (Wildman–Crippen MR) is 89.0 cm³/mol. The van der Waals surface area contributed by atoms with Gasteiger partial charge < -0.3 is 10.5 Å². The van der Waals surface area contributed by atoms with Crippen molar-refractivity contribution in [3.05, 3.63) is 24.3 Å². The Kier molecular flexibility index (Phi) is 7.51. The monoisotopic (exact) mass is 332 g/mol. The first-order valence-corrected chi connectivity index (χ1v) is 9.45. The van der Waals surface area contributed by atoms with Gasteiger partial charge in [-0.1, -0.05) is 26.0 Å². The van der Waals surface area contributed by atoms with E-state index in [1.807, 2.05) is 38.1 Å². The Hall–Kier alpha value is -0.760. The first-order valence-electron chi connectivity index (χ1n) is 6.82. The van der Waals surface area contributed by atoms with E-state index < -0.39 is 10.0 Å². The van der Waals surface area contributed by atoms with Gasteiger partial charge in [-0.25, -0.2) is 13.1 Å². The molecule has 5 nitrogen and oxygen atoms in total. The van der Waals surface area contributed by atoms with Gasteiger partial charge >= 0.3 is 0 Å². The lowest BCUT2D eigenvalue weighted by Gasteiger charge is -2.21. The van der Waals surface area contributed by atoms with Gasteiger partial charge in [-0.05, 0) is 18.1 Å². The molecule has 0 amide bonds. The van der Waals surface area contributed by atoms with Crippen molar-refractivity contribution in [2.45, 2.75) is 24.8 Å². The summed E-state index contributed by atoms with van der Waals surface area (Å²) in [5.41, 5.74) is 6.50. The second-order valence-electron chi connectivity index (χ2n) is 5.13. The molecule has 0 saturated carbocycles. The number of nitrogens with two attached hydrogens (primary N) is 1. The lowest BCUT2D eigenvalue weighted by molar-refractivity contribution is 0.157. The van der Waals surface area contributed by atoms with Gasteiger partial charge in [0.15, 0.2) is 0 Å². The zero-order valence-electron chi connectivity index (χ0n) is 12.7. The summed E-state index contributed by atoms with van der Waals surface area (Å²) in [6.45, 7) is 4.30. The van der Waals surface area contributed by atoms with Crippen LogP contribution in [-0.2, 0) is 14.8 Å². The molecule has 0 aliphatic carbocycles. The van der Waals surface area contributed by atoms with Gasteiger partial charge in [-0.15, -0.1) is 11.8 Å². The number of methoxy groups -OCH3 is 1. The van der Waals surface area contributed by atoms with E-state index in [-0.39, 0.29) is 17.7 Å². The minimum absolute atomic E-state index is 0.0545. The third-order valence-corrected chi connectivity index (χ3v) is 5.76. The van der Waals surface area contributed by atoms with Crippen LogP contribution in [0.1, 0.15) is 13.8 Å². The van der Waals surface area contributed by atoms with Crippen LogP contribution in [0, 0.1) is 5.92 Å². The topological polar surface area (TPSA) is 81.4 Å². The van der Waals surface area contributed by atoms with Crippen molar-refractivity contribution in [1.29, 1.82) is 0 Å². The molecule has 1 aromatic rings. The normalized spacial score (nSPS) is 13.5. The van der Waals surface area contributed by atoms with E-state index in [0.29, 0.717) is 18.0 Å². The summed E-state index contributed by atoms with van der Waals surface area (Å²) in [4.78, 5) is 0.907. The first kappa shape index (κ1) is 18.3. The third-order valence-electron chi connectivity index (χ3n) is 3.01. The summed E-state index contributed by atoms with van der Waals surface area (Å²) in [6.07, 6.45) is 0. The van der Waals surface area contributed by atoms with Crippen LogP contribution in [0.4, 0.5) is 5.69 Å². The maximum atomic E-state index is 12.1. The number of sulfonamides is 1. The summed E-state index contributed by atoms with van der Waals surface area (Å²) >= 11 is 1.45. The average Bonchev–Trinajstić information content (AvgIpc) is 2.40. The van der Waals surface area contributed by atoms with Gasteiger partial charge in [0.2, 0.25) is 10.0 Å². The van der Waals surface area contributed by atoms with Crippen LogP contribution in [-0.4, -0.2) is 39.7 Å². The Morgan fingerprint density at radius 1 is 1.33 bits per heavy atom. The van der Waals surface area contributed by atoms with E-state index in [0.717, 1.165) is 4.90 Å². The highest BCUT2D eigenvalue weighted by atomic mass is 32.2. The van der Waals surface area contributed by atoms with Gasteiger partial charge in [0.05, 0.1) is 12.4 Å². The molecule has 0 bridgehead atoms. The van der Waals surface area contributed by atoms with Gasteiger partial charge in [0.25, 0.3) is 0 Å². The van der Waals surface area contributed by atoms with Gasteiger partial charge in [0.1, 0.15) is 0 Å². The Labute approximate surface area is 131 Å². The fourth-order valence-electron chi connectivity index (χ4n) is 1.70. The summed E-state index contributed by atoms with van der Waals surface area (Å²) in [7, 11) is -1.76. The standard InChI is InChI=1S/C14H24N2O3S2/c1-11(2)13(10-19-3)16-21(17,18)9-8-20-14-7-5-4-6-12(14)15/h4-7,11,13,16H,8-10,15H2,1-3H3. The highest BCUT2D eigenvalue weighted by Crippen LogP contribution is 2.24. The Morgan fingerprint density at radius 2 is 2.00 bits per heavy atom. The highest BCUT2D eigenvalue weighted by molar-refractivity contribution is 8.00. The largest absolute Gasteiger partial charge is 0.398 e. The zero-order chi connectivity index (χ0) is 15.9. The average molecular weight is 332 g/mol. The summed E-state index contributed by atoms with van der Waals surface area (Å²) < 4.78 is 31.9. The summed E-state index contributed by atoms with van der Waals surface area (Å²) in [5.74, 6) is 0.692. The van der Waals surface area contributed by atoms with Gasteiger partial charge in [-0.2, -0.15) is 0 Å². The molecule has 0 saturated heterocycles. The molecule has 0 fully saturated rings. The van der Waals surface area contributed by atoms with Crippen LogP contribution in [0.15, 0.2) is 29.2 Å². The molecule has 7 heteroatoms. The molecule has 0 radical (unpaired) electrons. The van der Waals surface area contributed by atoms with Crippen LogP contribution in [0.3, 0.4) is 0 Å². The second-order valence-corrected chi connectivity index (χ2v) is 8.14. The number of ether oxygens (including phenoxy) is 1. The molecule has 1 atom stereocenters. The first-order chi connectivity index (χ1) is 9.85. The molecule has 1 aromatic carbocycles. The Morgan fingerprint density at radius 3 is 2.57 bits per heavy atom. The third kappa shape index (κ3) is 6.69. The molecule has 1 unspecified atom stereocenters. The molecule has 120 valence electrons. The molecule has 0 aromatic heterocycles. The molecule has 0 aliphatic heterocycles. The van der Waals surface area contributed by atoms with Crippen molar-refractivity contribution in [3.63, 3.8) is 0 Å². The van der Waals surface area contributed by atoms with Crippen LogP contribution < -0.4 is 10.5 Å². The molecular formula is C14H24N2O3S2. The number of rotatable bonds is 9. The molecule has 3 N–H and O–H groups in total. The fraction of sp³-hybridized carbons (Fsp3) is 0.571. The van der Waals surface area contributed by atoms with E-state index in [2.05, 4.69) is 4.72 Å². The fourth-order valence-corrected chi connectivity index (χ4v) is 4.46. The molecule has 21 heavy (non-hydrogen) atoms. The smallest absolute Gasteiger partial charge is 0.212 e. The molecular weight excluding hydrogens is 308 g/mol. The molecule has 0 spiro atoms. The lowest BCUT2D eigenvalue weighted by atomic mass is 10.1. The summed E-state index contributed by atoms with van der Waals surface area (Å²) in [5, 5.41) is 0. The van der Waals surface area contributed by atoms with Crippen molar-refractivity contribution in [1.82, 2.24) is 4.72 Å². The van der Waals surface area contributed by atoms with E-state index in [1.54, 1.807) is 7.11 Å². The summed E-state index contributed by atoms with van der Waals surface area (Å²) in [6, 6.07) is 7.24. The Bertz CT molecular complexity index is 533. The van der Waals surface area contributed by atoms with E-state index in [4.69, 9.17) is 10.5 Å². The van der Waals surface area contributed by atoms with Gasteiger partial charge in [0, 0.05) is 29.5 Å². The highest BCUT2D eigenvalue weighted by Gasteiger charge is 2.20. The van der Waals surface area contributed by atoms with E-state index in [9.17, 15) is 8.42 Å². The number of anilines is 1. The minimum Gasteiger partial charge on any atom is -0.398 e. The number of nitrogens with one attached hydrogen (secondary N) is 1. The second kappa shape index (κ2) is 8.63. The van der Waals surface area contributed by atoms with E-state index in [1.165, 1.54) is 11.8 Å². The number of benzene rings is 1. The maximum Gasteiger partial charge on any atom is 0.212 e. The number of nitrogen functional groups attached to an aromatic ring is 1. The van der Waals surface area contributed by atoms with Gasteiger partial charge in [-0.3, -0.25) is 0 Å². The predicted octanol–water partition coefficient (Wildman–Crippen LogP) is 1.95. The van der Waals surface area contributed by atoms with E-state index >= 15 is 0 Å². The van der Waals surface area contributed by atoms with Crippen molar-refractivity contribution >= 4 is 27.5 Å². The molecule has 0 heterocycles. The quantitative estimate of drug-likeness (QED) is 0.533. The minimum atomic E-state index is -3.32. The SMILES string of the molecule is COCC(NS(=O)(=O)CCSc1ccccc1N)C(C)C. The van der Waals surface area contributed by atoms with Crippen molar-refractivity contribution in [2.75, 3.05) is 31.0 Å². The van der Waals surface area contributed by atoms with Crippen molar-refractivity contribution < 1.29 is 13.2 Å². The number of hydrogen-bond acceptors (Lipinski definition) is 5. The Balaban J connectivity index is 2.51. The number of thioether (sulfide) groups is 1. The van der Waals surface area contributed by atoms with Crippen molar-refractivity contribution in [2.24, 2.45) is 5.92 Å². The molecule has 1 rings (SSSR count).